The molecule has 0 saturated carbocycles. The molecule has 1 amide bonds. The molecule has 1 aliphatic heterocycles. The predicted molar refractivity (Wildman–Crippen MR) is 107 cm³/mol. The number of carbonyl (C=O) groups excluding carboxylic acids is 1. The Kier molecular flexibility index (Phi) is 7.22. The summed E-state index contributed by atoms with van der Waals surface area (Å²) in [5.41, 5.74) is 1.99. The fraction of sp³-hybridized carbons (Fsp3) is 0.350. The quantitative estimate of drug-likeness (QED) is 0.721. The molecule has 3 rings (SSSR count). The lowest BCUT2D eigenvalue weighted by Gasteiger charge is -2.28. The molecule has 5 nitrogen and oxygen atoms in total. The summed E-state index contributed by atoms with van der Waals surface area (Å²) >= 11 is 1.57. The van der Waals surface area contributed by atoms with Gasteiger partial charge in [-0.3, -0.25) is 4.79 Å². The molecular formula is C20H24N2O3S. The van der Waals surface area contributed by atoms with E-state index in [1.54, 1.807) is 11.8 Å². The first-order chi connectivity index (χ1) is 12.8. The van der Waals surface area contributed by atoms with Gasteiger partial charge in [0.05, 0.1) is 25.6 Å². The Balaban J connectivity index is 1.34. The summed E-state index contributed by atoms with van der Waals surface area (Å²) in [5, 5.41) is 2.94. The number of carbonyl (C=O) groups is 1. The molecule has 6 heteroatoms. The van der Waals surface area contributed by atoms with Crippen molar-refractivity contribution in [1.29, 1.82) is 0 Å². The van der Waals surface area contributed by atoms with Crippen LogP contribution in [0.15, 0.2) is 54.6 Å². The zero-order valence-corrected chi connectivity index (χ0v) is 15.5. The van der Waals surface area contributed by atoms with Crippen LogP contribution in [0, 0.1) is 0 Å². The lowest BCUT2D eigenvalue weighted by Crippen LogP contribution is -2.36. The summed E-state index contributed by atoms with van der Waals surface area (Å²) < 4.78 is 11.0. The maximum Gasteiger partial charge on any atom is 0.234 e. The summed E-state index contributed by atoms with van der Waals surface area (Å²) in [6.07, 6.45) is 0. The Bertz CT molecular complexity index is 673. The van der Waals surface area contributed by atoms with E-state index in [-0.39, 0.29) is 5.91 Å². The summed E-state index contributed by atoms with van der Waals surface area (Å²) in [4.78, 5) is 14.3. The molecule has 0 bridgehead atoms. The molecule has 0 aliphatic carbocycles. The predicted octanol–water partition coefficient (Wildman–Crippen LogP) is 3.27. The number of benzene rings is 2. The minimum absolute atomic E-state index is 0.00818. The number of anilines is 2. The van der Waals surface area contributed by atoms with E-state index >= 15 is 0 Å². The fourth-order valence-corrected chi connectivity index (χ4v) is 3.28. The average molecular weight is 372 g/mol. The average Bonchev–Trinajstić information content (AvgIpc) is 2.70. The second-order valence-corrected chi connectivity index (χ2v) is 7.01. The largest absolute Gasteiger partial charge is 0.493 e. The number of rotatable bonds is 8. The van der Waals surface area contributed by atoms with E-state index in [1.165, 1.54) is 5.69 Å². The van der Waals surface area contributed by atoms with Crippen LogP contribution < -0.4 is 15.0 Å². The van der Waals surface area contributed by atoms with Gasteiger partial charge in [-0.15, -0.1) is 11.8 Å². The van der Waals surface area contributed by atoms with Crippen LogP contribution in [0.3, 0.4) is 0 Å². The van der Waals surface area contributed by atoms with Crippen LogP contribution in [0.5, 0.6) is 5.75 Å². The van der Waals surface area contributed by atoms with Gasteiger partial charge in [0, 0.05) is 30.2 Å². The highest BCUT2D eigenvalue weighted by Crippen LogP contribution is 2.19. The maximum absolute atomic E-state index is 12.0. The molecule has 1 N–H and O–H groups in total. The lowest BCUT2D eigenvalue weighted by atomic mass is 10.2. The Hall–Kier alpha value is -2.18. The summed E-state index contributed by atoms with van der Waals surface area (Å²) in [7, 11) is 0. The van der Waals surface area contributed by atoms with Gasteiger partial charge in [-0.1, -0.05) is 18.2 Å². The topological polar surface area (TPSA) is 50.8 Å². The highest BCUT2D eigenvalue weighted by atomic mass is 32.2. The van der Waals surface area contributed by atoms with Crippen molar-refractivity contribution in [3.63, 3.8) is 0 Å². The van der Waals surface area contributed by atoms with Gasteiger partial charge in [0.25, 0.3) is 0 Å². The zero-order chi connectivity index (χ0) is 18.0. The van der Waals surface area contributed by atoms with Crippen molar-refractivity contribution < 1.29 is 14.3 Å². The fourth-order valence-electron chi connectivity index (χ4n) is 2.67. The van der Waals surface area contributed by atoms with Gasteiger partial charge in [0.1, 0.15) is 5.75 Å². The van der Waals surface area contributed by atoms with Crippen LogP contribution in [-0.4, -0.2) is 50.3 Å². The van der Waals surface area contributed by atoms with Gasteiger partial charge in [-0.05, 0) is 36.4 Å². The highest BCUT2D eigenvalue weighted by molar-refractivity contribution is 7.99. The number of amides is 1. The first kappa shape index (κ1) is 18.6. The number of hydrogen-bond acceptors (Lipinski definition) is 5. The summed E-state index contributed by atoms with van der Waals surface area (Å²) in [6, 6.07) is 17.7. The maximum atomic E-state index is 12.0. The van der Waals surface area contributed by atoms with Crippen molar-refractivity contribution in [3.05, 3.63) is 54.6 Å². The van der Waals surface area contributed by atoms with E-state index in [4.69, 9.17) is 9.47 Å². The van der Waals surface area contributed by atoms with Crippen molar-refractivity contribution in [3.8, 4) is 5.75 Å². The molecule has 2 aromatic carbocycles. The minimum atomic E-state index is 0.00818. The number of nitrogens with zero attached hydrogens (tertiary/aromatic N) is 1. The van der Waals surface area contributed by atoms with E-state index in [9.17, 15) is 4.79 Å². The Morgan fingerprint density at radius 3 is 2.54 bits per heavy atom. The third-order valence-corrected chi connectivity index (χ3v) is 4.92. The molecule has 1 aliphatic rings. The molecule has 26 heavy (non-hydrogen) atoms. The summed E-state index contributed by atoms with van der Waals surface area (Å²) in [6.45, 7) is 3.95. The highest BCUT2D eigenvalue weighted by Gasteiger charge is 2.11. The number of ether oxygens (including phenoxy) is 2. The van der Waals surface area contributed by atoms with Crippen LogP contribution in [0.25, 0.3) is 0 Å². The molecule has 0 spiro atoms. The number of morpholine rings is 1. The number of para-hydroxylation sites is 1. The van der Waals surface area contributed by atoms with E-state index in [2.05, 4.69) is 10.2 Å². The van der Waals surface area contributed by atoms with Crippen molar-refractivity contribution in [1.82, 2.24) is 0 Å². The number of nitrogens with one attached hydrogen (secondary N) is 1. The first-order valence-corrected chi connectivity index (χ1v) is 9.95. The van der Waals surface area contributed by atoms with E-state index in [1.807, 2.05) is 54.6 Å². The first-order valence-electron chi connectivity index (χ1n) is 8.79. The molecule has 0 aromatic heterocycles. The third kappa shape index (κ3) is 5.97. The summed E-state index contributed by atoms with van der Waals surface area (Å²) in [5.74, 6) is 2.06. The van der Waals surface area contributed by atoms with Gasteiger partial charge >= 0.3 is 0 Å². The molecule has 1 heterocycles. The lowest BCUT2D eigenvalue weighted by molar-refractivity contribution is -0.113. The van der Waals surface area contributed by atoms with Gasteiger partial charge < -0.3 is 19.7 Å². The molecule has 0 radical (unpaired) electrons. The molecule has 0 unspecified atom stereocenters. The van der Waals surface area contributed by atoms with E-state index in [0.29, 0.717) is 12.4 Å². The number of hydrogen-bond donors (Lipinski definition) is 1. The second-order valence-electron chi connectivity index (χ2n) is 5.91. The second kappa shape index (κ2) is 10.1. The van der Waals surface area contributed by atoms with Gasteiger partial charge in [-0.2, -0.15) is 0 Å². The SMILES string of the molecule is O=C(CSCCOc1ccccc1)Nc1ccc(N2CCOCC2)cc1. The Labute approximate surface area is 158 Å². The Morgan fingerprint density at radius 1 is 1.08 bits per heavy atom. The molecular weight excluding hydrogens is 348 g/mol. The van der Waals surface area contributed by atoms with Crippen molar-refractivity contribution in [2.24, 2.45) is 0 Å². The van der Waals surface area contributed by atoms with E-state index in [0.717, 1.165) is 43.5 Å². The number of thioether (sulfide) groups is 1. The van der Waals surface area contributed by atoms with Gasteiger partial charge in [-0.25, -0.2) is 0 Å². The monoisotopic (exact) mass is 372 g/mol. The molecule has 138 valence electrons. The molecule has 1 saturated heterocycles. The Morgan fingerprint density at radius 2 is 1.81 bits per heavy atom. The van der Waals surface area contributed by atoms with Crippen LogP contribution in [-0.2, 0) is 9.53 Å². The van der Waals surface area contributed by atoms with Crippen molar-refractivity contribution in [2.75, 3.05) is 54.6 Å². The minimum Gasteiger partial charge on any atom is -0.493 e. The van der Waals surface area contributed by atoms with Crippen LogP contribution >= 0.6 is 11.8 Å². The molecule has 2 aromatic rings. The molecule has 0 atom stereocenters. The zero-order valence-electron chi connectivity index (χ0n) is 14.7. The standard InChI is InChI=1S/C20H24N2O3S/c23-20(16-26-15-14-25-19-4-2-1-3-5-19)21-17-6-8-18(9-7-17)22-10-12-24-13-11-22/h1-9H,10-16H2,(H,21,23). The van der Waals surface area contributed by atoms with Crippen LogP contribution in [0.4, 0.5) is 11.4 Å². The smallest absolute Gasteiger partial charge is 0.234 e. The molecule has 1 fully saturated rings. The normalized spacial score (nSPS) is 14.1. The van der Waals surface area contributed by atoms with Crippen LogP contribution in [0.2, 0.25) is 0 Å². The van der Waals surface area contributed by atoms with Crippen LogP contribution in [0.1, 0.15) is 0 Å². The third-order valence-electron chi connectivity index (χ3n) is 4.00. The van der Waals surface area contributed by atoms with Crippen molar-refractivity contribution >= 4 is 29.0 Å². The van der Waals surface area contributed by atoms with Gasteiger partial charge in [0.2, 0.25) is 5.91 Å². The van der Waals surface area contributed by atoms with E-state index < -0.39 is 0 Å². The van der Waals surface area contributed by atoms with Gasteiger partial charge in [0.15, 0.2) is 0 Å². The van der Waals surface area contributed by atoms with Crippen molar-refractivity contribution in [2.45, 2.75) is 0 Å².